The van der Waals surface area contributed by atoms with Crippen molar-refractivity contribution >= 4 is 22.5 Å². The molecule has 228 valence electrons. The highest BCUT2D eigenvalue weighted by molar-refractivity contribution is 5.91. The Balaban J connectivity index is 1.43. The molecule has 1 aliphatic heterocycles. The van der Waals surface area contributed by atoms with Crippen LogP contribution in [-0.2, 0) is 10.9 Å². The summed E-state index contributed by atoms with van der Waals surface area (Å²) in [6.45, 7) is 7.58. The fourth-order valence-corrected chi connectivity index (χ4v) is 6.14. The summed E-state index contributed by atoms with van der Waals surface area (Å²) in [6.07, 6.45) is 0.847. The molecule has 0 atom stereocenters. The monoisotopic (exact) mass is 592 g/mol. The van der Waals surface area contributed by atoms with Gasteiger partial charge in [-0.3, -0.25) is 0 Å². The molecule has 0 unspecified atom stereocenters. The molecule has 0 amide bonds. The third-order valence-corrected chi connectivity index (χ3v) is 8.34. The first kappa shape index (κ1) is 29.4. The fraction of sp³-hybridized carbons (Fsp3) is 0.485. The van der Waals surface area contributed by atoms with E-state index in [1.54, 1.807) is 13.2 Å². The van der Waals surface area contributed by atoms with Gasteiger partial charge in [0.1, 0.15) is 17.0 Å². The molecular weight excluding hydrogens is 553 g/mol. The minimum Gasteiger partial charge on any atom is -0.384 e. The van der Waals surface area contributed by atoms with E-state index in [0.717, 1.165) is 48.8 Å². The van der Waals surface area contributed by atoms with E-state index < -0.39 is 11.9 Å². The Hall–Kier alpha value is -3.66. The van der Waals surface area contributed by atoms with Gasteiger partial charge in [-0.15, -0.1) is 0 Å². The highest BCUT2D eigenvalue weighted by Crippen LogP contribution is 2.42. The summed E-state index contributed by atoms with van der Waals surface area (Å²) in [6, 6.07) is 13.1. The van der Waals surface area contributed by atoms with Crippen LogP contribution in [0.3, 0.4) is 0 Å². The zero-order valence-corrected chi connectivity index (χ0v) is 25.3. The second kappa shape index (κ2) is 11.4. The number of hydrogen-bond acceptors (Lipinski definition) is 6. The average Bonchev–Trinajstić information content (AvgIpc) is 3.74. The maximum Gasteiger partial charge on any atom is 0.433 e. The molecule has 7 nitrogen and oxygen atoms in total. The summed E-state index contributed by atoms with van der Waals surface area (Å²) in [4.78, 5) is 21.6. The van der Waals surface area contributed by atoms with Crippen molar-refractivity contribution in [3.05, 3.63) is 53.9 Å². The fourth-order valence-electron chi connectivity index (χ4n) is 6.14. The number of fused-ring (bicyclic) bond motifs is 1. The molecule has 0 spiro atoms. The Morgan fingerprint density at radius 1 is 0.953 bits per heavy atom. The number of imidazole rings is 1. The standard InChI is InChI=1S/C33H39F3N6O/c1-32(2,20-43-4)19-41(3)27-18-26(23-16-25(21-8-9-21)37-28(17-23)33(34,35)36)38-31-29(27)39-30(40-31)22-10-12-24(13-11-22)42-14-6-5-7-15-42/h10-13,16-18,21H,5-9,14-15,19-20H2,1-4H3,(H,38,39,40). The predicted octanol–water partition coefficient (Wildman–Crippen LogP) is 7.68. The van der Waals surface area contributed by atoms with Gasteiger partial charge in [0.25, 0.3) is 0 Å². The van der Waals surface area contributed by atoms with Gasteiger partial charge in [-0.1, -0.05) is 13.8 Å². The molecule has 1 aromatic carbocycles. The van der Waals surface area contributed by atoms with Crippen LogP contribution in [0.15, 0.2) is 42.5 Å². The third-order valence-electron chi connectivity index (χ3n) is 8.34. The third kappa shape index (κ3) is 6.49. The van der Waals surface area contributed by atoms with Crippen LogP contribution in [0.2, 0.25) is 0 Å². The normalized spacial score (nSPS) is 16.2. The number of alkyl halides is 3. The van der Waals surface area contributed by atoms with Crippen molar-refractivity contribution in [1.29, 1.82) is 0 Å². The summed E-state index contributed by atoms with van der Waals surface area (Å²) in [5.74, 6) is 0.728. The molecule has 0 bridgehead atoms. The Kier molecular flexibility index (Phi) is 7.83. The van der Waals surface area contributed by atoms with Gasteiger partial charge >= 0.3 is 6.18 Å². The minimum atomic E-state index is -4.55. The zero-order valence-electron chi connectivity index (χ0n) is 25.3. The molecule has 3 aromatic heterocycles. The van der Waals surface area contributed by atoms with Gasteiger partial charge in [0.05, 0.1) is 18.0 Å². The van der Waals surface area contributed by atoms with Crippen LogP contribution in [0.25, 0.3) is 33.8 Å². The highest BCUT2D eigenvalue weighted by Gasteiger charge is 2.36. The molecule has 1 aliphatic carbocycles. The van der Waals surface area contributed by atoms with Crippen LogP contribution >= 0.6 is 0 Å². The predicted molar refractivity (Wildman–Crippen MR) is 165 cm³/mol. The molecule has 0 radical (unpaired) electrons. The molecule has 43 heavy (non-hydrogen) atoms. The van der Waals surface area contributed by atoms with E-state index >= 15 is 0 Å². The largest absolute Gasteiger partial charge is 0.433 e. The first-order valence-corrected chi connectivity index (χ1v) is 15.1. The van der Waals surface area contributed by atoms with Crippen molar-refractivity contribution in [2.24, 2.45) is 5.41 Å². The Bertz CT molecular complexity index is 1590. The van der Waals surface area contributed by atoms with Crippen LogP contribution < -0.4 is 9.80 Å². The van der Waals surface area contributed by atoms with Crippen molar-refractivity contribution in [3.63, 3.8) is 0 Å². The number of aromatic amines is 1. The number of benzene rings is 1. The average molecular weight is 593 g/mol. The van der Waals surface area contributed by atoms with Crippen LogP contribution in [-0.4, -0.2) is 60.3 Å². The number of nitrogens with zero attached hydrogens (tertiary/aromatic N) is 5. The number of H-pyrrole nitrogens is 1. The number of methoxy groups -OCH3 is 1. The molecule has 6 rings (SSSR count). The number of halogens is 3. The number of hydrogen-bond donors (Lipinski definition) is 1. The number of aromatic nitrogens is 4. The number of rotatable bonds is 9. The molecule has 4 aromatic rings. The van der Waals surface area contributed by atoms with E-state index in [9.17, 15) is 13.2 Å². The second-order valence-corrected chi connectivity index (χ2v) is 12.8. The summed E-state index contributed by atoms with van der Waals surface area (Å²) < 4.78 is 47.1. The Morgan fingerprint density at radius 2 is 1.67 bits per heavy atom. The first-order chi connectivity index (χ1) is 20.5. The lowest BCUT2D eigenvalue weighted by Crippen LogP contribution is -2.34. The SMILES string of the molecule is COCC(C)(C)CN(C)c1cc(-c2cc(C3CC3)nc(C(F)(F)F)c2)nc2nc(-c3ccc(N4CCCCC4)cc3)[nH]c12. The molecular formula is C33H39F3N6O. The number of piperidine rings is 1. The summed E-state index contributed by atoms with van der Waals surface area (Å²) >= 11 is 0. The first-order valence-electron chi connectivity index (χ1n) is 15.1. The molecule has 1 saturated carbocycles. The van der Waals surface area contributed by atoms with Crippen molar-refractivity contribution < 1.29 is 17.9 Å². The molecule has 10 heteroatoms. The quantitative estimate of drug-likeness (QED) is 0.215. The van der Waals surface area contributed by atoms with Gasteiger partial charge in [-0.25, -0.2) is 15.0 Å². The Labute approximate surface area is 250 Å². The molecule has 1 saturated heterocycles. The van der Waals surface area contributed by atoms with Gasteiger partial charge in [0, 0.05) is 67.6 Å². The van der Waals surface area contributed by atoms with Gasteiger partial charge in [-0.05, 0) is 74.6 Å². The van der Waals surface area contributed by atoms with Gasteiger partial charge < -0.3 is 19.5 Å². The summed E-state index contributed by atoms with van der Waals surface area (Å²) in [5, 5.41) is 0. The smallest absolute Gasteiger partial charge is 0.384 e. The van der Waals surface area contributed by atoms with Crippen LogP contribution in [0, 0.1) is 5.41 Å². The topological polar surface area (TPSA) is 70.2 Å². The van der Waals surface area contributed by atoms with E-state index in [4.69, 9.17) is 14.7 Å². The molecule has 1 N–H and O–H groups in total. The van der Waals surface area contributed by atoms with E-state index in [2.05, 4.69) is 57.9 Å². The van der Waals surface area contributed by atoms with Crippen molar-refractivity contribution in [2.45, 2.75) is 58.0 Å². The molecule has 4 heterocycles. The van der Waals surface area contributed by atoms with E-state index in [1.807, 2.05) is 13.1 Å². The molecule has 2 fully saturated rings. The lowest BCUT2D eigenvalue weighted by Gasteiger charge is -2.31. The number of anilines is 2. The minimum absolute atomic E-state index is 0.0617. The van der Waals surface area contributed by atoms with E-state index in [-0.39, 0.29) is 11.3 Å². The van der Waals surface area contributed by atoms with E-state index in [0.29, 0.717) is 41.6 Å². The molecule has 2 aliphatic rings. The lowest BCUT2D eigenvalue weighted by molar-refractivity contribution is -0.141. The van der Waals surface area contributed by atoms with Gasteiger partial charge in [0.2, 0.25) is 0 Å². The lowest BCUT2D eigenvalue weighted by atomic mass is 9.94. The van der Waals surface area contributed by atoms with Gasteiger partial charge in [0.15, 0.2) is 5.65 Å². The van der Waals surface area contributed by atoms with Crippen LogP contribution in [0.1, 0.15) is 63.3 Å². The second-order valence-electron chi connectivity index (χ2n) is 12.8. The van der Waals surface area contributed by atoms with Crippen LogP contribution in [0.4, 0.5) is 24.5 Å². The van der Waals surface area contributed by atoms with Crippen molar-refractivity contribution in [2.75, 3.05) is 50.2 Å². The number of nitrogens with one attached hydrogen (secondary N) is 1. The highest BCUT2D eigenvalue weighted by atomic mass is 19.4. The number of pyridine rings is 2. The van der Waals surface area contributed by atoms with Crippen molar-refractivity contribution in [3.8, 4) is 22.6 Å². The van der Waals surface area contributed by atoms with Gasteiger partial charge in [-0.2, -0.15) is 13.2 Å². The Morgan fingerprint density at radius 3 is 2.33 bits per heavy atom. The van der Waals surface area contributed by atoms with Crippen molar-refractivity contribution in [1.82, 2.24) is 19.9 Å². The maximum absolute atomic E-state index is 13.9. The number of ether oxygens (including phenoxy) is 1. The zero-order chi connectivity index (χ0) is 30.4. The summed E-state index contributed by atoms with van der Waals surface area (Å²) in [7, 11) is 3.66. The maximum atomic E-state index is 13.9. The van der Waals surface area contributed by atoms with Crippen LogP contribution in [0.5, 0.6) is 0 Å². The summed E-state index contributed by atoms with van der Waals surface area (Å²) in [5.41, 5.74) is 4.37. The van der Waals surface area contributed by atoms with E-state index in [1.165, 1.54) is 24.9 Å².